The fourth-order valence-electron chi connectivity index (χ4n) is 2.98. The first kappa shape index (κ1) is 14.2. The van der Waals surface area contributed by atoms with Gasteiger partial charge in [-0.05, 0) is 44.2 Å². The maximum atomic E-state index is 11.8. The van der Waals surface area contributed by atoms with E-state index in [0.29, 0.717) is 11.0 Å². The zero-order valence-corrected chi connectivity index (χ0v) is 12.2. The Kier molecular flexibility index (Phi) is 5.83. The van der Waals surface area contributed by atoms with E-state index in [4.69, 9.17) is 0 Å². The first-order valence-electron chi connectivity index (χ1n) is 7.34. The maximum absolute atomic E-state index is 11.8. The van der Waals surface area contributed by atoms with E-state index < -0.39 is 0 Å². The molecule has 0 aromatic carbocycles. The van der Waals surface area contributed by atoms with Gasteiger partial charge in [0.05, 0.1) is 5.75 Å². The molecular formula is C14H26N2OS. The van der Waals surface area contributed by atoms with Crippen molar-refractivity contribution in [3.63, 3.8) is 0 Å². The Morgan fingerprint density at radius 2 is 2.06 bits per heavy atom. The first-order valence-corrected chi connectivity index (χ1v) is 8.39. The quantitative estimate of drug-likeness (QED) is 0.803. The van der Waals surface area contributed by atoms with Crippen LogP contribution in [0.4, 0.5) is 0 Å². The van der Waals surface area contributed by atoms with Gasteiger partial charge in [0, 0.05) is 11.8 Å². The van der Waals surface area contributed by atoms with Crippen molar-refractivity contribution >= 4 is 17.7 Å². The lowest BCUT2D eigenvalue weighted by molar-refractivity contribution is -0.118. The number of carbonyl (C=O) groups is 1. The zero-order valence-electron chi connectivity index (χ0n) is 11.4. The first-order chi connectivity index (χ1) is 8.75. The van der Waals surface area contributed by atoms with E-state index in [-0.39, 0.29) is 5.91 Å². The fourth-order valence-corrected chi connectivity index (χ4v) is 4.04. The van der Waals surface area contributed by atoms with Crippen LogP contribution in [0.5, 0.6) is 0 Å². The van der Waals surface area contributed by atoms with Crippen LogP contribution < -0.4 is 10.6 Å². The van der Waals surface area contributed by atoms with E-state index in [1.807, 2.05) is 11.8 Å². The second-order valence-electron chi connectivity index (χ2n) is 5.73. The smallest absolute Gasteiger partial charge is 0.230 e. The molecule has 2 fully saturated rings. The van der Waals surface area contributed by atoms with Gasteiger partial charge in [0.25, 0.3) is 0 Å². The SMILES string of the molecule is CC1CCCC1CNC(=O)CSC1CCNCC1. The standard InChI is InChI=1S/C14H26N2OS/c1-11-3-2-4-12(11)9-16-14(17)10-18-13-5-7-15-8-6-13/h11-13,15H,2-10H2,1H3,(H,16,17). The summed E-state index contributed by atoms with van der Waals surface area (Å²) >= 11 is 1.84. The molecule has 2 rings (SSSR count). The van der Waals surface area contributed by atoms with Gasteiger partial charge in [0.2, 0.25) is 5.91 Å². The van der Waals surface area contributed by atoms with Gasteiger partial charge >= 0.3 is 0 Å². The van der Waals surface area contributed by atoms with Crippen molar-refractivity contribution in [2.75, 3.05) is 25.4 Å². The summed E-state index contributed by atoms with van der Waals surface area (Å²) in [6.07, 6.45) is 6.38. The van der Waals surface area contributed by atoms with E-state index in [1.54, 1.807) is 0 Å². The van der Waals surface area contributed by atoms with Crippen molar-refractivity contribution in [3.05, 3.63) is 0 Å². The second-order valence-corrected chi connectivity index (χ2v) is 7.02. The number of thioether (sulfide) groups is 1. The van der Waals surface area contributed by atoms with E-state index in [2.05, 4.69) is 17.6 Å². The molecule has 0 bridgehead atoms. The van der Waals surface area contributed by atoms with E-state index in [0.717, 1.165) is 31.5 Å². The van der Waals surface area contributed by atoms with E-state index >= 15 is 0 Å². The van der Waals surface area contributed by atoms with Crippen LogP contribution >= 0.6 is 11.8 Å². The summed E-state index contributed by atoms with van der Waals surface area (Å²) in [5.74, 6) is 2.39. The molecule has 2 unspecified atom stereocenters. The molecule has 1 aliphatic carbocycles. The van der Waals surface area contributed by atoms with Crippen molar-refractivity contribution in [2.24, 2.45) is 11.8 Å². The highest BCUT2D eigenvalue weighted by Gasteiger charge is 2.23. The number of piperidine rings is 1. The largest absolute Gasteiger partial charge is 0.355 e. The molecule has 1 amide bonds. The highest BCUT2D eigenvalue weighted by molar-refractivity contribution is 8.00. The molecule has 1 heterocycles. The molecule has 0 spiro atoms. The summed E-state index contributed by atoms with van der Waals surface area (Å²) in [5, 5.41) is 7.16. The topological polar surface area (TPSA) is 41.1 Å². The molecule has 0 aromatic rings. The number of hydrogen-bond donors (Lipinski definition) is 2. The van der Waals surface area contributed by atoms with Crippen LogP contribution in [0.1, 0.15) is 39.0 Å². The van der Waals surface area contributed by atoms with Gasteiger partial charge < -0.3 is 10.6 Å². The highest BCUT2D eigenvalue weighted by atomic mass is 32.2. The van der Waals surface area contributed by atoms with Crippen LogP contribution in [0.25, 0.3) is 0 Å². The molecule has 0 radical (unpaired) electrons. The Labute approximate surface area is 115 Å². The predicted octanol–water partition coefficient (Wildman–Crippen LogP) is 2.02. The Morgan fingerprint density at radius 1 is 1.28 bits per heavy atom. The summed E-state index contributed by atoms with van der Waals surface area (Å²) in [4.78, 5) is 11.8. The number of amides is 1. The predicted molar refractivity (Wildman–Crippen MR) is 77.9 cm³/mol. The molecule has 18 heavy (non-hydrogen) atoms. The number of hydrogen-bond acceptors (Lipinski definition) is 3. The third kappa shape index (κ3) is 4.47. The molecule has 1 aliphatic heterocycles. The monoisotopic (exact) mass is 270 g/mol. The van der Waals surface area contributed by atoms with Crippen molar-refractivity contribution in [1.82, 2.24) is 10.6 Å². The third-order valence-corrected chi connectivity index (χ3v) is 5.71. The molecule has 104 valence electrons. The van der Waals surface area contributed by atoms with Crippen molar-refractivity contribution in [2.45, 2.75) is 44.3 Å². The molecule has 1 saturated heterocycles. The highest BCUT2D eigenvalue weighted by Crippen LogP contribution is 2.30. The van der Waals surface area contributed by atoms with E-state index in [9.17, 15) is 4.79 Å². The van der Waals surface area contributed by atoms with Gasteiger partial charge in [-0.3, -0.25) is 4.79 Å². The van der Waals surface area contributed by atoms with Crippen LogP contribution in [-0.4, -0.2) is 36.5 Å². The van der Waals surface area contributed by atoms with Crippen molar-refractivity contribution in [3.8, 4) is 0 Å². The Balaban J connectivity index is 1.57. The average Bonchev–Trinajstić information content (AvgIpc) is 2.81. The Bertz CT molecular complexity index is 267. The Morgan fingerprint density at radius 3 is 2.72 bits per heavy atom. The molecule has 4 heteroatoms. The van der Waals surface area contributed by atoms with Crippen LogP contribution in [-0.2, 0) is 4.79 Å². The number of nitrogens with one attached hydrogen (secondary N) is 2. The van der Waals surface area contributed by atoms with Gasteiger partial charge in [-0.1, -0.05) is 19.8 Å². The lowest BCUT2D eigenvalue weighted by Crippen LogP contribution is -2.33. The van der Waals surface area contributed by atoms with Crippen LogP contribution in [0.15, 0.2) is 0 Å². The van der Waals surface area contributed by atoms with E-state index in [1.165, 1.54) is 32.1 Å². The minimum absolute atomic E-state index is 0.234. The minimum Gasteiger partial charge on any atom is -0.355 e. The lowest BCUT2D eigenvalue weighted by Gasteiger charge is -2.22. The van der Waals surface area contributed by atoms with Gasteiger partial charge in [0.15, 0.2) is 0 Å². The van der Waals surface area contributed by atoms with Gasteiger partial charge in [-0.25, -0.2) is 0 Å². The molecule has 3 nitrogen and oxygen atoms in total. The number of carbonyl (C=O) groups excluding carboxylic acids is 1. The molecule has 0 aromatic heterocycles. The molecule has 2 atom stereocenters. The normalized spacial score (nSPS) is 29.4. The van der Waals surface area contributed by atoms with Crippen LogP contribution in [0.2, 0.25) is 0 Å². The summed E-state index contributed by atoms with van der Waals surface area (Å²) in [6.45, 7) is 5.43. The van der Waals surface area contributed by atoms with Crippen molar-refractivity contribution < 1.29 is 4.79 Å². The Hall–Kier alpha value is -0.220. The van der Waals surface area contributed by atoms with Gasteiger partial charge in [-0.2, -0.15) is 0 Å². The zero-order chi connectivity index (χ0) is 12.8. The molecule has 2 aliphatic rings. The molecule has 2 N–H and O–H groups in total. The third-order valence-electron chi connectivity index (χ3n) is 4.34. The average molecular weight is 270 g/mol. The van der Waals surface area contributed by atoms with Crippen LogP contribution in [0, 0.1) is 11.8 Å². The van der Waals surface area contributed by atoms with Crippen molar-refractivity contribution in [1.29, 1.82) is 0 Å². The van der Waals surface area contributed by atoms with Crippen LogP contribution in [0.3, 0.4) is 0 Å². The molecular weight excluding hydrogens is 244 g/mol. The summed E-state index contributed by atoms with van der Waals surface area (Å²) in [6, 6.07) is 0. The second kappa shape index (κ2) is 7.39. The summed E-state index contributed by atoms with van der Waals surface area (Å²) < 4.78 is 0. The number of rotatable bonds is 5. The summed E-state index contributed by atoms with van der Waals surface area (Å²) in [5.41, 5.74) is 0. The summed E-state index contributed by atoms with van der Waals surface area (Å²) in [7, 11) is 0. The fraction of sp³-hybridized carbons (Fsp3) is 0.929. The van der Waals surface area contributed by atoms with Gasteiger partial charge in [-0.15, -0.1) is 11.8 Å². The minimum atomic E-state index is 0.234. The maximum Gasteiger partial charge on any atom is 0.230 e. The molecule has 1 saturated carbocycles. The van der Waals surface area contributed by atoms with Gasteiger partial charge in [0.1, 0.15) is 0 Å². The lowest BCUT2D eigenvalue weighted by atomic mass is 9.98.